The third kappa shape index (κ3) is 4.94. The van der Waals surface area contributed by atoms with Crippen molar-refractivity contribution in [3.8, 4) is 28.8 Å². The number of phenols is 1. The molecule has 4 aliphatic heterocycles. The van der Waals surface area contributed by atoms with Crippen LogP contribution in [0.15, 0.2) is 30.5 Å². The fourth-order valence-electron chi connectivity index (χ4n) is 6.39. The van der Waals surface area contributed by atoms with Gasteiger partial charge in [-0.05, 0) is 69.3 Å². The topological polar surface area (TPSA) is 93.1 Å². The summed E-state index contributed by atoms with van der Waals surface area (Å²) in [5.41, 5.74) is 0.164. The number of anilines is 1. The predicted molar refractivity (Wildman–Crippen MR) is 154 cm³/mol. The van der Waals surface area contributed by atoms with Crippen LogP contribution in [0.25, 0.3) is 32.9 Å². The second-order valence-electron chi connectivity index (χ2n) is 11.4. The van der Waals surface area contributed by atoms with Gasteiger partial charge in [-0.3, -0.25) is 4.98 Å². The molecular formula is C31H33F2N5O4. The highest BCUT2D eigenvalue weighted by atomic mass is 19.1. The molecule has 2 saturated heterocycles. The highest BCUT2D eigenvalue weighted by molar-refractivity contribution is 6.03. The van der Waals surface area contributed by atoms with Gasteiger partial charge in [-0.25, -0.2) is 8.78 Å². The zero-order chi connectivity index (χ0) is 28.8. The second kappa shape index (κ2) is 11.1. The van der Waals surface area contributed by atoms with Gasteiger partial charge in [-0.1, -0.05) is 6.07 Å². The van der Waals surface area contributed by atoms with E-state index < -0.39 is 11.6 Å². The Hall–Kier alpha value is -3.83. The van der Waals surface area contributed by atoms with Crippen molar-refractivity contribution in [3.63, 3.8) is 0 Å². The van der Waals surface area contributed by atoms with Crippen molar-refractivity contribution in [2.24, 2.45) is 0 Å². The van der Waals surface area contributed by atoms with E-state index in [1.54, 1.807) is 6.20 Å². The van der Waals surface area contributed by atoms with Crippen molar-refractivity contribution in [2.45, 2.75) is 44.2 Å². The first-order valence-electron chi connectivity index (χ1n) is 14.6. The van der Waals surface area contributed by atoms with Gasteiger partial charge in [-0.2, -0.15) is 9.97 Å². The number of phenolic OH excluding ortho intramolecular Hbond substituents is 1. The maximum atomic E-state index is 16.7. The Morgan fingerprint density at radius 2 is 1.98 bits per heavy atom. The molecule has 0 unspecified atom stereocenters. The Balaban J connectivity index is 1.44. The largest absolute Gasteiger partial charge is 0.508 e. The molecule has 11 heteroatoms. The molecular weight excluding hydrogens is 544 g/mol. The number of ether oxygens (including phenoxy) is 3. The first-order chi connectivity index (χ1) is 20.5. The molecule has 2 atom stereocenters. The summed E-state index contributed by atoms with van der Waals surface area (Å²) in [4.78, 5) is 18.2. The number of halogens is 2. The van der Waals surface area contributed by atoms with E-state index in [9.17, 15) is 5.11 Å². The molecule has 6 bridgehead atoms. The van der Waals surface area contributed by atoms with Gasteiger partial charge in [0.1, 0.15) is 36.0 Å². The highest BCUT2D eigenvalue weighted by Gasteiger charge is 2.28. The normalized spacial score (nSPS) is 21.4. The minimum atomic E-state index is -0.710. The molecule has 4 aromatic rings. The van der Waals surface area contributed by atoms with Crippen LogP contribution in [0.2, 0.25) is 0 Å². The molecule has 8 rings (SSSR count). The van der Waals surface area contributed by atoms with Gasteiger partial charge in [0.25, 0.3) is 0 Å². The Morgan fingerprint density at radius 3 is 2.83 bits per heavy atom. The fourth-order valence-corrected chi connectivity index (χ4v) is 6.39. The third-order valence-electron chi connectivity index (χ3n) is 8.59. The Bertz CT molecular complexity index is 1650. The van der Waals surface area contributed by atoms with Crippen LogP contribution >= 0.6 is 0 Å². The number of hydrogen-bond donors (Lipinski definition) is 1. The third-order valence-corrected chi connectivity index (χ3v) is 8.59. The molecule has 2 fully saturated rings. The van der Waals surface area contributed by atoms with Crippen LogP contribution in [-0.2, 0) is 4.74 Å². The van der Waals surface area contributed by atoms with Gasteiger partial charge >= 0.3 is 6.01 Å². The molecule has 0 aliphatic carbocycles. The molecule has 0 amide bonds. The summed E-state index contributed by atoms with van der Waals surface area (Å²) in [5, 5.41) is 11.8. The SMILES string of the molecule is CN1CCC[C@@H]1COc1nc2c3cnc(c(F)c3n1)-c1cc(O)cc3ccc(F)c(c13)OCCO[C@@H]1CCCCN2C1. The minimum Gasteiger partial charge on any atom is -0.508 e. The molecule has 4 aliphatic rings. The quantitative estimate of drug-likeness (QED) is 0.358. The van der Waals surface area contributed by atoms with E-state index in [4.69, 9.17) is 19.2 Å². The van der Waals surface area contributed by atoms with E-state index in [0.717, 1.165) is 38.6 Å². The van der Waals surface area contributed by atoms with Gasteiger partial charge in [0, 0.05) is 36.3 Å². The van der Waals surface area contributed by atoms with E-state index >= 15 is 8.78 Å². The number of fused-ring (bicyclic) bond motifs is 4. The Kier molecular flexibility index (Phi) is 7.15. The van der Waals surface area contributed by atoms with Crippen molar-refractivity contribution in [2.75, 3.05) is 51.4 Å². The van der Waals surface area contributed by atoms with E-state index in [2.05, 4.69) is 26.8 Å². The van der Waals surface area contributed by atoms with E-state index in [1.807, 2.05) is 0 Å². The Morgan fingerprint density at radius 1 is 1.07 bits per heavy atom. The van der Waals surface area contributed by atoms with Crippen molar-refractivity contribution in [1.29, 1.82) is 0 Å². The van der Waals surface area contributed by atoms with Gasteiger partial charge in [0.2, 0.25) is 0 Å². The van der Waals surface area contributed by atoms with Gasteiger partial charge in [-0.15, -0.1) is 0 Å². The van der Waals surface area contributed by atoms with Crippen LogP contribution in [0, 0.1) is 11.6 Å². The van der Waals surface area contributed by atoms with Gasteiger partial charge in [0.15, 0.2) is 17.4 Å². The number of aromatic nitrogens is 3. The van der Waals surface area contributed by atoms with Crippen LogP contribution in [0.3, 0.4) is 0 Å². The Labute approximate surface area is 242 Å². The molecule has 42 heavy (non-hydrogen) atoms. The lowest BCUT2D eigenvalue weighted by Gasteiger charge is -2.27. The standard InChI is InChI=1S/C31H33F2N5O4/c1-37-9-4-5-19(37)17-42-31-35-28-23-15-34-27(26(28)33)22-14-20(39)13-18-7-8-24(32)29(25(18)22)41-12-11-40-21-6-2-3-10-38(16-21)30(23)36-31/h7-8,13-15,19,21,39H,2-6,9-12,16-17H2,1H3/t19-,21-/m1/s1. The monoisotopic (exact) mass is 577 g/mol. The molecule has 2 aromatic carbocycles. The molecule has 0 spiro atoms. The lowest BCUT2D eigenvalue weighted by molar-refractivity contribution is 0.0344. The maximum Gasteiger partial charge on any atom is 0.319 e. The summed E-state index contributed by atoms with van der Waals surface area (Å²) in [5.74, 6) is -0.919. The smallest absolute Gasteiger partial charge is 0.319 e. The number of nitrogens with zero attached hydrogens (tertiary/aromatic N) is 5. The van der Waals surface area contributed by atoms with Gasteiger partial charge in [0.05, 0.1) is 18.1 Å². The van der Waals surface area contributed by atoms with Crippen LogP contribution in [0.4, 0.5) is 14.6 Å². The molecule has 6 heterocycles. The van der Waals surface area contributed by atoms with Crippen molar-refractivity contribution < 1.29 is 28.1 Å². The fraction of sp³-hybridized carbons (Fsp3) is 0.452. The van der Waals surface area contributed by atoms with Crippen LogP contribution in [0.1, 0.15) is 32.1 Å². The van der Waals surface area contributed by atoms with Crippen molar-refractivity contribution in [3.05, 3.63) is 42.1 Å². The number of likely N-dealkylation sites (tertiary alicyclic amines) is 1. The minimum absolute atomic E-state index is 0.0437. The average molecular weight is 578 g/mol. The van der Waals surface area contributed by atoms with E-state index in [0.29, 0.717) is 41.7 Å². The zero-order valence-corrected chi connectivity index (χ0v) is 23.5. The highest BCUT2D eigenvalue weighted by Crippen LogP contribution is 2.42. The molecule has 2 aromatic heterocycles. The molecule has 9 nitrogen and oxygen atoms in total. The zero-order valence-electron chi connectivity index (χ0n) is 23.5. The summed E-state index contributed by atoms with van der Waals surface area (Å²) in [6, 6.07) is 5.98. The lowest BCUT2D eigenvalue weighted by atomic mass is 9.99. The van der Waals surface area contributed by atoms with E-state index in [1.165, 1.54) is 24.3 Å². The summed E-state index contributed by atoms with van der Waals surface area (Å²) in [6.45, 7) is 2.99. The average Bonchev–Trinajstić information content (AvgIpc) is 3.24. The van der Waals surface area contributed by atoms with Crippen molar-refractivity contribution >= 4 is 27.5 Å². The summed E-state index contributed by atoms with van der Waals surface area (Å²) >= 11 is 0. The number of aromatic hydroxyl groups is 1. The van der Waals surface area contributed by atoms with Crippen LogP contribution in [0.5, 0.6) is 17.5 Å². The number of rotatable bonds is 3. The predicted octanol–water partition coefficient (Wildman–Crippen LogP) is 5.07. The summed E-state index contributed by atoms with van der Waals surface area (Å²) < 4.78 is 50.1. The second-order valence-corrected chi connectivity index (χ2v) is 11.4. The first kappa shape index (κ1) is 27.0. The number of hydrogen-bond acceptors (Lipinski definition) is 9. The number of likely N-dealkylation sites (N-methyl/N-ethyl adjacent to an activating group) is 1. The maximum absolute atomic E-state index is 16.7. The van der Waals surface area contributed by atoms with E-state index in [-0.39, 0.29) is 59.6 Å². The van der Waals surface area contributed by atoms with Crippen molar-refractivity contribution in [1.82, 2.24) is 19.9 Å². The number of pyridine rings is 1. The molecule has 220 valence electrons. The summed E-state index contributed by atoms with van der Waals surface area (Å²) in [6.07, 6.45) is 6.26. The van der Waals surface area contributed by atoms with Gasteiger partial charge < -0.3 is 29.1 Å². The first-order valence-corrected chi connectivity index (χ1v) is 14.6. The summed E-state index contributed by atoms with van der Waals surface area (Å²) in [7, 11) is 2.07. The molecule has 0 radical (unpaired) electrons. The molecule has 0 saturated carbocycles. The molecule has 1 N–H and O–H groups in total. The number of benzene rings is 2. The lowest BCUT2D eigenvalue weighted by Crippen LogP contribution is -2.34. The van der Waals surface area contributed by atoms with Crippen LogP contribution < -0.4 is 14.4 Å². The van der Waals surface area contributed by atoms with Crippen LogP contribution in [-0.4, -0.2) is 83.6 Å².